The smallest absolute Gasteiger partial charge is 0.224 e. The lowest BCUT2D eigenvalue weighted by atomic mass is 10.2. The molecule has 0 aromatic heterocycles. The van der Waals surface area contributed by atoms with E-state index in [0.717, 1.165) is 0 Å². The lowest BCUT2D eigenvalue weighted by Gasteiger charge is -2.03. The molecular formula is C10H11FN4O. The van der Waals surface area contributed by atoms with Crippen molar-refractivity contribution in [3.05, 3.63) is 40.5 Å². The highest BCUT2D eigenvalue weighted by Crippen LogP contribution is 2.08. The van der Waals surface area contributed by atoms with E-state index in [0.29, 0.717) is 18.7 Å². The van der Waals surface area contributed by atoms with Gasteiger partial charge >= 0.3 is 0 Å². The molecule has 84 valence electrons. The number of rotatable bonds is 5. The molecule has 0 radical (unpaired) electrons. The highest BCUT2D eigenvalue weighted by Gasteiger charge is 2.01. The van der Waals surface area contributed by atoms with Gasteiger partial charge in [-0.2, -0.15) is 0 Å². The van der Waals surface area contributed by atoms with Crippen LogP contribution in [0.3, 0.4) is 0 Å². The number of nitrogens with zero attached hydrogens (tertiary/aromatic N) is 3. The first-order valence-corrected chi connectivity index (χ1v) is 4.78. The first-order valence-electron chi connectivity index (χ1n) is 4.78. The minimum atomic E-state index is -0.346. The van der Waals surface area contributed by atoms with E-state index >= 15 is 0 Å². The molecule has 0 aliphatic carbocycles. The Morgan fingerprint density at radius 2 is 2.12 bits per heavy atom. The van der Waals surface area contributed by atoms with E-state index in [1.54, 1.807) is 0 Å². The quantitative estimate of drug-likeness (QED) is 0.353. The van der Waals surface area contributed by atoms with Crippen molar-refractivity contribution < 1.29 is 9.18 Å². The Hall–Kier alpha value is -2.07. The Labute approximate surface area is 91.9 Å². The molecule has 1 aromatic rings. The Morgan fingerprint density at radius 1 is 1.44 bits per heavy atom. The Kier molecular flexibility index (Phi) is 4.82. The first kappa shape index (κ1) is 12.0. The average molecular weight is 222 g/mol. The molecule has 5 nitrogen and oxygen atoms in total. The van der Waals surface area contributed by atoms with Crippen LogP contribution in [0, 0.1) is 5.82 Å². The molecule has 0 saturated carbocycles. The van der Waals surface area contributed by atoms with Crippen molar-refractivity contribution in [3.8, 4) is 0 Å². The SMILES string of the molecule is [N-]=[N+]=NCCCC(=O)Nc1ccc(F)cc1. The summed E-state index contributed by atoms with van der Waals surface area (Å²) in [7, 11) is 0. The molecule has 1 amide bonds. The van der Waals surface area contributed by atoms with Crippen LogP contribution >= 0.6 is 0 Å². The van der Waals surface area contributed by atoms with Gasteiger partial charge in [0.1, 0.15) is 5.82 Å². The fourth-order valence-electron chi connectivity index (χ4n) is 1.11. The van der Waals surface area contributed by atoms with Crippen LogP contribution in [0.4, 0.5) is 10.1 Å². The van der Waals surface area contributed by atoms with Gasteiger partial charge in [-0.15, -0.1) is 0 Å². The minimum absolute atomic E-state index is 0.181. The molecule has 0 bridgehead atoms. The van der Waals surface area contributed by atoms with Crippen molar-refractivity contribution in [2.45, 2.75) is 12.8 Å². The predicted octanol–water partition coefficient (Wildman–Crippen LogP) is 2.85. The summed E-state index contributed by atoms with van der Waals surface area (Å²) in [4.78, 5) is 13.9. The number of azide groups is 1. The van der Waals surface area contributed by atoms with Crippen LogP contribution in [-0.2, 0) is 4.79 Å². The molecule has 1 aromatic carbocycles. The highest BCUT2D eigenvalue weighted by molar-refractivity contribution is 5.90. The van der Waals surface area contributed by atoms with Gasteiger partial charge in [0.25, 0.3) is 0 Å². The number of carbonyl (C=O) groups excluding carboxylic acids is 1. The topological polar surface area (TPSA) is 77.9 Å². The standard InChI is InChI=1S/C10H11FN4O/c11-8-3-5-9(6-4-8)14-10(16)2-1-7-13-15-12/h3-6H,1-2,7H2,(H,14,16). The van der Waals surface area contributed by atoms with Crippen LogP contribution in [0.2, 0.25) is 0 Å². The van der Waals surface area contributed by atoms with Gasteiger partial charge in [-0.1, -0.05) is 5.11 Å². The monoisotopic (exact) mass is 222 g/mol. The fourth-order valence-corrected chi connectivity index (χ4v) is 1.11. The van der Waals surface area contributed by atoms with Gasteiger partial charge in [0.2, 0.25) is 5.91 Å². The largest absolute Gasteiger partial charge is 0.326 e. The van der Waals surface area contributed by atoms with Crippen molar-refractivity contribution >= 4 is 11.6 Å². The lowest BCUT2D eigenvalue weighted by Crippen LogP contribution is -2.11. The molecule has 16 heavy (non-hydrogen) atoms. The maximum absolute atomic E-state index is 12.6. The van der Waals surface area contributed by atoms with Crippen LogP contribution in [-0.4, -0.2) is 12.5 Å². The summed E-state index contributed by atoms with van der Waals surface area (Å²) in [6.45, 7) is 0.299. The third-order valence-corrected chi connectivity index (χ3v) is 1.85. The summed E-state index contributed by atoms with van der Waals surface area (Å²) in [5, 5.41) is 5.92. The summed E-state index contributed by atoms with van der Waals surface area (Å²) in [5.41, 5.74) is 8.57. The number of amides is 1. The third kappa shape index (κ3) is 4.43. The van der Waals surface area contributed by atoms with Gasteiger partial charge in [0, 0.05) is 23.6 Å². The van der Waals surface area contributed by atoms with Crippen molar-refractivity contribution in [3.63, 3.8) is 0 Å². The second kappa shape index (κ2) is 6.42. The minimum Gasteiger partial charge on any atom is -0.326 e. The number of hydrogen-bond acceptors (Lipinski definition) is 2. The molecule has 1 rings (SSSR count). The Bertz CT molecular complexity index is 398. The van der Waals surface area contributed by atoms with Gasteiger partial charge in [-0.05, 0) is 36.2 Å². The van der Waals surface area contributed by atoms with Crippen molar-refractivity contribution in [1.29, 1.82) is 0 Å². The Balaban J connectivity index is 2.34. The molecule has 0 atom stereocenters. The van der Waals surface area contributed by atoms with Crippen LogP contribution in [0.25, 0.3) is 10.4 Å². The highest BCUT2D eigenvalue weighted by atomic mass is 19.1. The van der Waals surface area contributed by atoms with Gasteiger partial charge in [0.05, 0.1) is 0 Å². The van der Waals surface area contributed by atoms with Gasteiger partial charge in [-0.25, -0.2) is 4.39 Å². The molecule has 0 heterocycles. The zero-order valence-corrected chi connectivity index (χ0v) is 8.56. The first-order chi connectivity index (χ1) is 7.72. The van der Waals surface area contributed by atoms with E-state index in [-0.39, 0.29) is 18.1 Å². The van der Waals surface area contributed by atoms with Crippen LogP contribution < -0.4 is 5.32 Å². The number of carbonyl (C=O) groups is 1. The van der Waals surface area contributed by atoms with E-state index in [2.05, 4.69) is 15.3 Å². The average Bonchev–Trinajstić information content (AvgIpc) is 2.28. The third-order valence-electron chi connectivity index (χ3n) is 1.85. The molecule has 6 heteroatoms. The van der Waals surface area contributed by atoms with Crippen LogP contribution in [0.1, 0.15) is 12.8 Å². The molecule has 1 N–H and O–H groups in total. The van der Waals surface area contributed by atoms with E-state index in [1.807, 2.05) is 0 Å². The Morgan fingerprint density at radius 3 is 2.75 bits per heavy atom. The van der Waals surface area contributed by atoms with E-state index in [9.17, 15) is 9.18 Å². The molecular weight excluding hydrogens is 211 g/mol. The van der Waals surface area contributed by atoms with Crippen LogP contribution in [0.5, 0.6) is 0 Å². The molecule has 0 aliphatic rings. The lowest BCUT2D eigenvalue weighted by molar-refractivity contribution is -0.116. The summed E-state index contributed by atoms with van der Waals surface area (Å²) < 4.78 is 12.6. The second-order valence-electron chi connectivity index (χ2n) is 3.11. The molecule has 0 spiro atoms. The second-order valence-corrected chi connectivity index (χ2v) is 3.11. The number of anilines is 1. The summed E-state index contributed by atoms with van der Waals surface area (Å²) in [6, 6.07) is 5.52. The van der Waals surface area contributed by atoms with E-state index in [1.165, 1.54) is 24.3 Å². The molecule has 0 saturated heterocycles. The summed E-state index contributed by atoms with van der Waals surface area (Å²) in [6.07, 6.45) is 0.771. The van der Waals surface area contributed by atoms with Crippen molar-refractivity contribution in [1.82, 2.24) is 0 Å². The van der Waals surface area contributed by atoms with E-state index in [4.69, 9.17) is 5.53 Å². The number of nitrogens with one attached hydrogen (secondary N) is 1. The predicted molar refractivity (Wildman–Crippen MR) is 58.3 cm³/mol. The number of hydrogen-bond donors (Lipinski definition) is 1. The zero-order chi connectivity index (χ0) is 11.8. The fraction of sp³-hybridized carbons (Fsp3) is 0.300. The maximum Gasteiger partial charge on any atom is 0.224 e. The van der Waals surface area contributed by atoms with Gasteiger partial charge < -0.3 is 5.32 Å². The summed E-state index contributed by atoms with van der Waals surface area (Å²) >= 11 is 0. The zero-order valence-electron chi connectivity index (χ0n) is 8.56. The molecule has 0 unspecified atom stereocenters. The van der Waals surface area contributed by atoms with Crippen LogP contribution in [0.15, 0.2) is 29.4 Å². The maximum atomic E-state index is 12.6. The normalized spacial score (nSPS) is 9.31. The molecule has 0 aliphatic heterocycles. The van der Waals surface area contributed by atoms with E-state index < -0.39 is 0 Å². The summed E-state index contributed by atoms with van der Waals surface area (Å²) in [5.74, 6) is -0.527. The van der Waals surface area contributed by atoms with Crippen molar-refractivity contribution in [2.75, 3.05) is 11.9 Å². The van der Waals surface area contributed by atoms with Gasteiger partial charge in [0.15, 0.2) is 0 Å². The van der Waals surface area contributed by atoms with Gasteiger partial charge in [-0.3, -0.25) is 4.79 Å². The number of halogens is 1. The molecule has 0 fully saturated rings. The number of benzene rings is 1. The van der Waals surface area contributed by atoms with Crippen molar-refractivity contribution in [2.24, 2.45) is 5.11 Å².